The third kappa shape index (κ3) is 4.95. The number of nitrogens with one attached hydrogen (secondary N) is 1. The van der Waals surface area contributed by atoms with Crippen LogP contribution in [0.25, 0.3) is 11.3 Å². The maximum Gasteiger partial charge on any atom is 0.240 e. The molecule has 0 fully saturated rings. The fourth-order valence-electron chi connectivity index (χ4n) is 4.93. The van der Waals surface area contributed by atoms with E-state index in [0.717, 1.165) is 22.4 Å². The van der Waals surface area contributed by atoms with Crippen LogP contribution in [0.3, 0.4) is 0 Å². The van der Waals surface area contributed by atoms with Crippen LogP contribution in [0.4, 0.5) is 5.82 Å². The Hall–Kier alpha value is -4.18. The smallest absolute Gasteiger partial charge is 0.240 e. The van der Waals surface area contributed by atoms with Crippen molar-refractivity contribution in [1.82, 2.24) is 15.1 Å². The lowest BCUT2D eigenvalue weighted by atomic mass is 9.99. The number of ether oxygens (including phenoxy) is 2. The van der Waals surface area contributed by atoms with Crippen molar-refractivity contribution in [2.75, 3.05) is 24.0 Å². The molecule has 40 heavy (non-hydrogen) atoms. The van der Waals surface area contributed by atoms with Crippen LogP contribution in [-0.2, 0) is 21.7 Å². The van der Waals surface area contributed by atoms with Gasteiger partial charge in [-0.05, 0) is 50.6 Å². The van der Waals surface area contributed by atoms with E-state index in [1.807, 2.05) is 74.0 Å². The molecule has 2 aromatic carbocycles. The Bertz CT molecular complexity index is 1540. The van der Waals surface area contributed by atoms with Crippen LogP contribution in [0.2, 0.25) is 0 Å². The molecule has 1 N–H and O–H groups in total. The first-order valence-electron chi connectivity index (χ1n) is 13.1. The quantitative estimate of drug-likeness (QED) is 0.351. The summed E-state index contributed by atoms with van der Waals surface area (Å²) in [6.45, 7) is 6.41. The molecular weight excluding hydrogens is 528 g/mol. The fraction of sp³-hybridized carbons (Fsp3) is 0.300. The number of benzene rings is 2. The zero-order chi connectivity index (χ0) is 27.9. The highest BCUT2D eigenvalue weighted by Crippen LogP contribution is 2.50. The minimum atomic E-state index is -0.477. The van der Waals surface area contributed by atoms with Crippen molar-refractivity contribution < 1.29 is 23.5 Å². The van der Waals surface area contributed by atoms with Crippen LogP contribution in [0, 0.1) is 0 Å². The second-order valence-corrected chi connectivity index (χ2v) is 11.8. The number of carbonyl (C=O) groups is 2. The molecule has 2 aromatic heterocycles. The normalized spacial score (nSPS) is 16.5. The SMILES string of the molecule is CC(C)(C)n1nc(-c2ccccc2)c2c1N(CC(=O)NCc1ccco1)C(=O)CSC2c1ccc2c(c1)OCO2. The monoisotopic (exact) mass is 558 g/mol. The average molecular weight is 559 g/mol. The van der Waals surface area contributed by atoms with Gasteiger partial charge in [0.05, 0.1) is 35.0 Å². The number of rotatable bonds is 6. The Morgan fingerprint density at radius 3 is 2.62 bits per heavy atom. The predicted molar refractivity (Wildman–Crippen MR) is 152 cm³/mol. The van der Waals surface area contributed by atoms with Crippen LogP contribution in [0.1, 0.15) is 42.9 Å². The minimum Gasteiger partial charge on any atom is -0.467 e. The van der Waals surface area contributed by atoms with Crippen molar-refractivity contribution in [2.45, 2.75) is 38.1 Å². The highest BCUT2D eigenvalue weighted by molar-refractivity contribution is 8.00. The van der Waals surface area contributed by atoms with Gasteiger partial charge in [-0.25, -0.2) is 4.68 Å². The van der Waals surface area contributed by atoms with Gasteiger partial charge in [0.1, 0.15) is 18.1 Å². The van der Waals surface area contributed by atoms with Gasteiger partial charge < -0.3 is 19.2 Å². The van der Waals surface area contributed by atoms with Crippen molar-refractivity contribution in [3.63, 3.8) is 0 Å². The molecule has 9 nitrogen and oxygen atoms in total. The number of nitrogens with zero attached hydrogens (tertiary/aromatic N) is 3. The summed E-state index contributed by atoms with van der Waals surface area (Å²) in [5.41, 5.74) is 3.09. The van der Waals surface area contributed by atoms with Crippen LogP contribution < -0.4 is 19.7 Å². The summed E-state index contributed by atoms with van der Waals surface area (Å²) >= 11 is 1.52. The molecule has 206 valence electrons. The molecule has 0 radical (unpaired) electrons. The van der Waals surface area contributed by atoms with Gasteiger partial charge in [0.2, 0.25) is 18.6 Å². The number of furan rings is 1. The molecule has 10 heteroatoms. The Morgan fingerprint density at radius 2 is 1.88 bits per heavy atom. The molecule has 6 rings (SSSR count). The van der Waals surface area contributed by atoms with Gasteiger partial charge in [-0.15, -0.1) is 11.8 Å². The third-order valence-corrected chi connectivity index (χ3v) is 8.07. The molecule has 1 atom stereocenters. The molecule has 1 unspecified atom stereocenters. The first kappa shape index (κ1) is 26.1. The highest BCUT2D eigenvalue weighted by atomic mass is 32.2. The van der Waals surface area contributed by atoms with Gasteiger partial charge in [0.25, 0.3) is 0 Å². The van der Waals surface area contributed by atoms with Crippen molar-refractivity contribution >= 4 is 29.4 Å². The molecule has 0 saturated carbocycles. The van der Waals surface area contributed by atoms with E-state index in [1.54, 1.807) is 23.3 Å². The predicted octanol–water partition coefficient (Wildman–Crippen LogP) is 5.11. The molecular formula is C30H30N4O5S. The van der Waals surface area contributed by atoms with Crippen molar-refractivity contribution in [1.29, 1.82) is 0 Å². The zero-order valence-corrected chi connectivity index (χ0v) is 23.4. The van der Waals surface area contributed by atoms with Crippen molar-refractivity contribution in [2.24, 2.45) is 0 Å². The number of hydrogen-bond acceptors (Lipinski definition) is 7. The Labute approximate surface area is 236 Å². The van der Waals surface area contributed by atoms with E-state index in [-0.39, 0.29) is 42.7 Å². The topological polar surface area (TPSA) is 98.8 Å². The van der Waals surface area contributed by atoms with E-state index in [0.29, 0.717) is 23.1 Å². The van der Waals surface area contributed by atoms with Crippen molar-refractivity contribution in [3.05, 3.63) is 83.8 Å². The molecule has 2 aliphatic heterocycles. The Balaban J connectivity index is 1.49. The molecule has 4 aromatic rings. The average Bonchev–Trinajstić information content (AvgIpc) is 3.69. The largest absolute Gasteiger partial charge is 0.467 e. The first-order valence-corrected chi connectivity index (χ1v) is 14.1. The van der Waals surface area contributed by atoms with Gasteiger partial charge in [0, 0.05) is 11.1 Å². The molecule has 0 aliphatic carbocycles. The summed E-state index contributed by atoms with van der Waals surface area (Å²) in [6, 6.07) is 19.4. The summed E-state index contributed by atoms with van der Waals surface area (Å²) in [5.74, 6) is 2.38. The number of thioether (sulfide) groups is 1. The minimum absolute atomic E-state index is 0.142. The molecule has 2 amide bonds. The second-order valence-electron chi connectivity index (χ2n) is 10.7. The lowest BCUT2D eigenvalue weighted by Gasteiger charge is -2.28. The number of amides is 2. The maximum atomic E-state index is 13.8. The summed E-state index contributed by atoms with van der Waals surface area (Å²) < 4.78 is 18.5. The van der Waals surface area contributed by atoms with Crippen LogP contribution in [0.15, 0.2) is 71.3 Å². The van der Waals surface area contributed by atoms with E-state index >= 15 is 0 Å². The van der Waals surface area contributed by atoms with Gasteiger partial charge in [0.15, 0.2) is 11.5 Å². The van der Waals surface area contributed by atoms with Gasteiger partial charge in [-0.3, -0.25) is 14.5 Å². The van der Waals surface area contributed by atoms with E-state index in [1.165, 1.54) is 11.8 Å². The maximum absolute atomic E-state index is 13.8. The third-order valence-electron chi connectivity index (χ3n) is 6.81. The number of aromatic nitrogens is 2. The summed E-state index contributed by atoms with van der Waals surface area (Å²) in [4.78, 5) is 28.5. The van der Waals surface area contributed by atoms with Gasteiger partial charge >= 0.3 is 0 Å². The number of carbonyl (C=O) groups excluding carboxylic acids is 2. The van der Waals surface area contributed by atoms with Crippen LogP contribution in [-0.4, -0.2) is 40.7 Å². The number of fused-ring (bicyclic) bond motifs is 2. The van der Waals surface area contributed by atoms with E-state index in [4.69, 9.17) is 19.0 Å². The summed E-state index contributed by atoms with van der Waals surface area (Å²) in [5, 5.41) is 7.75. The van der Waals surface area contributed by atoms with Gasteiger partial charge in [-0.1, -0.05) is 36.4 Å². The lowest BCUT2D eigenvalue weighted by Crippen LogP contribution is -2.43. The number of hydrogen-bond donors (Lipinski definition) is 1. The number of anilines is 1. The first-order chi connectivity index (χ1) is 19.3. The second kappa shape index (κ2) is 10.4. The Morgan fingerprint density at radius 1 is 1.07 bits per heavy atom. The van der Waals surface area contributed by atoms with E-state index in [2.05, 4.69) is 5.32 Å². The lowest BCUT2D eigenvalue weighted by molar-refractivity contribution is -0.123. The standard InChI is InChI=1S/C30H30N4O5S/c1-30(2,3)34-29-26(27(32-34)19-8-5-4-6-9-19)28(20-11-12-22-23(14-20)39-18-38-22)40-17-25(36)33(29)16-24(35)31-15-21-10-7-13-37-21/h4-14,28H,15-18H2,1-3H3,(H,31,35). The van der Waals surface area contributed by atoms with Crippen LogP contribution >= 0.6 is 11.8 Å². The Kier molecular flexibility index (Phi) is 6.79. The summed E-state index contributed by atoms with van der Waals surface area (Å²) in [7, 11) is 0. The van der Waals surface area contributed by atoms with Crippen molar-refractivity contribution in [3.8, 4) is 22.8 Å². The fourth-order valence-corrected chi connectivity index (χ4v) is 6.12. The zero-order valence-electron chi connectivity index (χ0n) is 22.5. The van der Waals surface area contributed by atoms with Crippen LogP contribution in [0.5, 0.6) is 11.5 Å². The molecule has 0 bridgehead atoms. The van der Waals surface area contributed by atoms with E-state index in [9.17, 15) is 9.59 Å². The molecule has 4 heterocycles. The molecule has 0 spiro atoms. The molecule has 0 saturated heterocycles. The van der Waals surface area contributed by atoms with Gasteiger partial charge in [-0.2, -0.15) is 5.10 Å². The molecule has 2 aliphatic rings. The highest BCUT2D eigenvalue weighted by Gasteiger charge is 2.39. The van der Waals surface area contributed by atoms with E-state index < -0.39 is 5.54 Å². The summed E-state index contributed by atoms with van der Waals surface area (Å²) in [6.07, 6.45) is 1.56.